The highest BCUT2D eigenvalue weighted by Crippen LogP contribution is 2.16. The lowest BCUT2D eigenvalue weighted by Crippen LogP contribution is -2.51. The molecule has 0 aliphatic carbocycles. The van der Waals surface area contributed by atoms with E-state index in [4.69, 9.17) is 5.73 Å². The first-order valence-corrected chi connectivity index (χ1v) is 9.78. The standard InChI is InChI=1S/C18H28N4O3S/c1-11(2)16(19)18(25)20-10-15(23)22-8-6-13(7-9-22)21-17(24)14-5-4-12(3)26-14/h4-5,11,13,16H,6-10,19H2,1-3H3,(H,20,25)(H,21,24)/t16-/m0/s1. The summed E-state index contributed by atoms with van der Waals surface area (Å²) in [5.74, 6) is -0.450. The summed E-state index contributed by atoms with van der Waals surface area (Å²) in [4.78, 5) is 39.8. The maximum absolute atomic E-state index is 12.2. The van der Waals surface area contributed by atoms with E-state index in [0.717, 1.165) is 4.88 Å². The van der Waals surface area contributed by atoms with E-state index in [1.54, 1.807) is 4.90 Å². The molecule has 26 heavy (non-hydrogen) atoms. The highest BCUT2D eigenvalue weighted by Gasteiger charge is 2.25. The van der Waals surface area contributed by atoms with Crippen LogP contribution in [0.25, 0.3) is 0 Å². The minimum Gasteiger partial charge on any atom is -0.348 e. The number of thiophene rings is 1. The van der Waals surface area contributed by atoms with Gasteiger partial charge in [0, 0.05) is 24.0 Å². The number of carbonyl (C=O) groups excluding carboxylic acids is 3. The van der Waals surface area contributed by atoms with Crippen molar-refractivity contribution in [2.75, 3.05) is 19.6 Å². The molecule has 2 heterocycles. The first-order valence-electron chi connectivity index (χ1n) is 8.96. The summed E-state index contributed by atoms with van der Waals surface area (Å²) >= 11 is 1.48. The van der Waals surface area contributed by atoms with E-state index >= 15 is 0 Å². The average molecular weight is 381 g/mol. The van der Waals surface area contributed by atoms with E-state index in [2.05, 4.69) is 10.6 Å². The lowest BCUT2D eigenvalue weighted by molar-refractivity contribution is -0.134. The molecule has 7 nitrogen and oxygen atoms in total. The number of aryl methyl sites for hydroxylation is 1. The van der Waals surface area contributed by atoms with Crippen molar-refractivity contribution in [3.63, 3.8) is 0 Å². The Balaban J connectivity index is 1.73. The van der Waals surface area contributed by atoms with Crippen molar-refractivity contribution in [2.24, 2.45) is 11.7 Å². The SMILES string of the molecule is Cc1ccc(C(=O)NC2CCN(C(=O)CNC(=O)[C@@H](N)C(C)C)CC2)s1. The molecule has 1 aliphatic heterocycles. The molecule has 1 aromatic rings. The van der Waals surface area contributed by atoms with Crippen LogP contribution in [0.15, 0.2) is 12.1 Å². The largest absolute Gasteiger partial charge is 0.348 e. The van der Waals surface area contributed by atoms with E-state index in [1.807, 2.05) is 32.9 Å². The molecular weight excluding hydrogens is 352 g/mol. The first kappa shape index (κ1) is 20.4. The lowest BCUT2D eigenvalue weighted by atomic mass is 10.0. The summed E-state index contributed by atoms with van der Waals surface area (Å²) < 4.78 is 0. The number of piperidine rings is 1. The Kier molecular flexibility index (Phi) is 7.16. The third-order valence-electron chi connectivity index (χ3n) is 4.58. The first-order chi connectivity index (χ1) is 12.3. The van der Waals surface area contributed by atoms with Gasteiger partial charge in [-0.25, -0.2) is 0 Å². The minimum absolute atomic E-state index is 0.0246. The minimum atomic E-state index is -0.607. The number of hydrogen-bond acceptors (Lipinski definition) is 5. The summed E-state index contributed by atoms with van der Waals surface area (Å²) in [7, 11) is 0. The van der Waals surface area contributed by atoms with Crippen LogP contribution in [0.1, 0.15) is 41.2 Å². The van der Waals surface area contributed by atoms with Crippen LogP contribution in [0.5, 0.6) is 0 Å². The fourth-order valence-corrected chi connectivity index (χ4v) is 3.55. The van der Waals surface area contributed by atoms with Gasteiger partial charge < -0.3 is 21.3 Å². The average Bonchev–Trinajstić information content (AvgIpc) is 3.05. The number of amides is 3. The highest BCUT2D eigenvalue weighted by atomic mass is 32.1. The van der Waals surface area contributed by atoms with Crippen LogP contribution in [-0.2, 0) is 9.59 Å². The molecule has 4 N–H and O–H groups in total. The molecule has 0 aromatic carbocycles. The molecule has 0 radical (unpaired) electrons. The molecular formula is C18H28N4O3S. The van der Waals surface area contributed by atoms with E-state index < -0.39 is 6.04 Å². The zero-order valence-electron chi connectivity index (χ0n) is 15.6. The van der Waals surface area contributed by atoms with Crippen LogP contribution >= 0.6 is 11.3 Å². The highest BCUT2D eigenvalue weighted by molar-refractivity contribution is 7.13. The number of carbonyl (C=O) groups is 3. The Morgan fingerprint density at radius 2 is 1.92 bits per heavy atom. The number of nitrogens with two attached hydrogens (primary N) is 1. The van der Waals surface area contributed by atoms with Gasteiger partial charge in [0.1, 0.15) is 0 Å². The predicted molar refractivity (Wildman–Crippen MR) is 102 cm³/mol. The Morgan fingerprint density at radius 3 is 2.46 bits per heavy atom. The molecule has 1 aliphatic rings. The number of hydrogen-bond donors (Lipinski definition) is 3. The second-order valence-corrected chi connectivity index (χ2v) is 8.31. The second kappa shape index (κ2) is 9.14. The molecule has 144 valence electrons. The maximum atomic E-state index is 12.2. The van der Waals surface area contributed by atoms with Crippen LogP contribution in [-0.4, -0.2) is 54.3 Å². The Morgan fingerprint density at radius 1 is 1.27 bits per heavy atom. The summed E-state index contributed by atoms with van der Waals surface area (Å²) in [5.41, 5.74) is 5.76. The van der Waals surface area contributed by atoms with Gasteiger partial charge in [0.2, 0.25) is 11.8 Å². The zero-order valence-corrected chi connectivity index (χ0v) is 16.4. The van der Waals surface area contributed by atoms with Crippen molar-refractivity contribution in [2.45, 2.75) is 45.7 Å². The Labute approximate surface area is 158 Å². The smallest absolute Gasteiger partial charge is 0.261 e. The topological polar surface area (TPSA) is 105 Å². The van der Waals surface area contributed by atoms with Crippen molar-refractivity contribution in [1.82, 2.24) is 15.5 Å². The molecule has 1 saturated heterocycles. The van der Waals surface area contributed by atoms with Gasteiger partial charge in [-0.05, 0) is 37.8 Å². The normalized spacial score (nSPS) is 16.4. The van der Waals surface area contributed by atoms with E-state index in [1.165, 1.54) is 11.3 Å². The van der Waals surface area contributed by atoms with Crippen molar-refractivity contribution in [3.05, 3.63) is 21.9 Å². The maximum Gasteiger partial charge on any atom is 0.261 e. The molecule has 0 spiro atoms. The van der Waals surface area contributed by atoms with Gasteiger partial charge in [-0.3, -0.25) is 14.4 Å². The van der Waals surface area contributed by atoms with Gasteiger partial charge >= 0.3 is 0 Å². The number of nitrogens with one attached hydrogen (secondary N) is 2. The van der Waals surface area contributed by atoms with Gasteiger partial charge in [-0.2, -0.15) is 0 Å². The van der Waals surface area contributed by atoms with Gasteiger partial charge in [0.25, 0.3) is 5.91 Å². The van der Waals surface area contributed by atoms with E-state index in [9.17, 15) is 14.4 Å². The second-order valence-electron chi connectivity index (χ2n) is 7.03. The number of likely N-dealkylation sites (tertiary alicyclic amines) is 1. The molecule has 1 atom stereocenters. The van der Waals surface area contributed by atoms with Gasteiger partial charge in [-0.15, -0.1) is 11.3 Å². The lowest BCUT2D eigenvalue weighted by Gasteiger charge is -2.32. The molecule has 0 saturated carbocycles. The summed E-state index contributed by atoms with van der Waals surface area (Å²) in [6, 6.07) is 3.22. The third-order valence-corrected chi connectivity index (χ3v) is 5.58. The zero-order chi connectivity index (χ0) is 19.3. The summed E-state index contributed by atoms with van der Waals surface area (Å²) in [6.45, 7) is 6.80. The van der Waals surface area contributed by atoms with Crippen LogP contribution < -0.4 is 16.4 Å². The molecule has 0 bridgehead atoms. The Hall–Kier alpha value is -1.93. The van der Waals surface area contributed by atoms with Gasteiger partial charge in [-0.1, -0.05) is 13.8 Å². The van der Waals surface area contributed by atoms with Crippen LogP contribution in [0.4, 0.5) is 0 Å². The molecule has 2 rings (SSSR count). The molecule has 1 fully saturated rings. The third kappa shape index (κ3) is 5.54. The van der Waals surface area contributed by atoms with Crippen LogP contribution in [0, 0.1) is 12.8 Å². The molecule has 3 amide bonds. The molecule has 8 heteroatoms. The van der Waals surface area contributed by atoms with E-state index in [-0.39, 0.29) is 36.2 Å². The van der Waals surface area contributed by atoms with Crippen molar-refractivity contribution >= 4 is 29.1 Å². The molecule has 1 aromatic heterocycles. The fraction of sp³-hybridized carbons (Fsp3) is 0.611. The number of rotatable bonds is 6. The quantitative estimate of drug-likeness (QED) is 0.681. The van der Waals surface area contributed by atoms with Crippen molar-refractivity contribution < 1.29 is 14.4 Å². The monoisotopic (exact) mass is 380 g/mol. The fourth-order valence-electron chi connectivity index (χ4n) is 2.78. The summed E-state index contributed by atoms with van der Waals surface area (Å²) in [5, 5.41) is 5.64. The van der Waals surface area contributed by atoms with Crippen LogP contribution in [0.2, 0.25) is 0 Å². The van der Waals surface area contributed by atoms with Crippen LogP contribution in [0.3, 0.4) is 0 Å². The van der Waals surface area contributed by atoms with E-state index in [0.29, 0.717) is 30.8 Å². The summed E-state index contributed by atoms with van der Waals surface area (Å²) in [6.07, 6.45) is 1.42. The van der Waals surface area contributed by atoms with Gasteiger partial charge in [0.15, 0.2) is 0 Å². The van der Waals surface area contributed by atoms with Crippen molar-refractivity contribution in [1.29, 1.82) is 0 Å². The molecule has 0 unspecified atom stereocenters. The van der Waals surface area contributed by atoms with Crippen molar-refractivity contribution in [3.8, 4) is 0 Å². The number of nitrogens with zero attached hydrogens (tertiary/aromatic N) is 1. The predicted octanol–water partition coefficient (Wildman–Crippen LogP) is 0.877. The Bertz CT molecular complexity index is 651. The van der Waals surface area contributed by atoms with Gasteiger partial charge in [0.05, 0.1) is 17.5 Å².